The zero-order valence-electron chi connectivity index (χ0n) is 16.4. The van der Waals surface area contributed by atoms with Crippen molar-refractivity contribution in [3.8, 4) is 5.69 Å². The predicted octanol–water partition coefficient (Wildman–Crippen LogP) is 2.13. The monoisotopic (exact) mass is 382 g/mol. The number of hydrogen-bond acceptors (Lipinski definition) is 5. The topological polar surface area (TPSA) is 100 Å². The summed E-state index contributed by atoms with van der Waals surface area (Å²) in [5.74, 6) is 2.57. The van der Waals surface area contributed by atoms with Crippen molar-refractivity contribution in [3.05, 3.63) is 66.1 Å². The number of guanidine groups is 1. The van der Waals surface area contributed by atoms with Crippen LogP contribution in [0.2, 0.25) is 0 Å². The number of aryl methyl sites for hydroxylation is 1. The molecular formula is C20H26N6O2. The molecule has 0 aliphatic heterocycles. The molecular weight excluding hydrogens is 356 g/mol. The Morgan fingerprint density at radius 1 is 1.21 bits per heavy atom. The fraction of sp³-hybridized carbons (Fsp3) is 0.350. The zero-order chi connectivity index (χ0) is 20.0. The van der Waals surface area contributed by atoms with E-state index in [1.807, 2.05) is 54.8 Å². The number of hydrogen-bond donors (Lipinski definition) is 3. The van der Waals surface area contributed by atoms with E-state index in [2.05, 4.69) is 25.8 Å². The van der Waals surface area contributed by atoms with Crippen molar-refractivity contribution in [2.24, 2.45) is 4.99 Å². The van der Waals surface area contributed by atoms with Gasteiger partial charge < -0.3 is 20.2 Å². The van der Waals surface area contributed by atoms with Gasteiger partial charge >= 0.3 is 0 Å². The fourth-order valence-corrected chi connectivity index (χ4v) is 2.73. The number of nitrogens with zero attached hydrogens (tertiary/aromatic N) is 4. The van der Waals surface area contributed by atoms with Crippen LogP contribution in [-0.4, -0.2) is 38.9 Å². The summed E-state index contributed by atoms with van der Waals surface area (Å²) in [6.07, 6.45) is 1.67. The third kappa shape index (κ3) is 4.77. The molecule has 8 heteroatoms. The first-order valence-electron chi connectivity index (χ1n) is 9.25. The molecule has 3 aromatic rings. The second kappa shape index (κ2) is 8.71. The summed E-state index contributed by atoms with van der Waals surface area (Å²) < 4.78 is 7.45. The summed E-state index contributed by atoms with van der Waals surface area (Å²) in [5, 5.41) is 25.2. The van der Waals surface area contributed by atoms with Crippen LogP contribution in [0.3, 0.4) is 0 Å². The van der Waals surface area contributed by atoms with E-state index < -0.39 is 5.60 Å². The first-order valence-corrected chi connectivity index (χ1v) is 9.25. The Labute approximate surface area is 164 Å². The van der Waals surface area contributed by atoms with Crippen molar-refractivity contribution >= 4 is 5.96 Å². The summed E-state index contributed by atoms with van der Waals surface area (Å²) in [4.78, 5) is 4.57. The maximum atomic E-state index is 10.7. The number of aliphatic imine (C=N–C) groups is 1. The molecule has 0 saturated heterocycles. The zero-order valence-corrected chi connectivity index (χ0v) is 16.4. The van der Waals surface area contributed by atoms with Gasteiger partial charge in [-0.25, -0.2) is 4.99 Å². The second-order valence-corrected chi connectivity index (χ2v) is 6.69. The van der Waals surface area contributed by atoms with Crippen LogP contribution in [0.1, 0.15) is 31.2 Å². The maximum Gasteiger partial charge on any atom is 0.191 e. The molecule has 2 aromatic heterocycles. The average Bonchev–Trinajstić information content (AvgIpc) is 3.34. The molecule has 1 unspecified atom stereocenters. The fourth-order valence-electron chi connectivity index (χ4n) is 2.73. The molecule has 28 heavy (non-hydrogen) atoms. The normalized spacial score (nSPS) is 13.9. The Balaban J connectivity index is 1.69. The lowest BCUT2D eigenvalue weighted by atomic mass is 10.0. The average molecular weight is 382 g/mol. The highest BCUT2D eigenvalue weighted by Gasteiger charge is 2.27. The molecule has 148 valence electrons. The molecule has 1 aromatic carbocycles. The van der Waals surface area contributed by atoms with E-state index in [1.54, 1.807) is 19.3 Å². The van der Waals surface area contributed by atoms with Gasteiger partial charge in [-0.3, -0.25) is 4.57 Å². The molecule has 8 nitrogen and oxygen atoms in total. The molecule has 0 aliphatic carbocycles. The van der Waals surface area contributed by atoms with Crippen molar-refractivity contribution < 1.29 is 9.52 Å². The Hall–Kier alpha value is -3.13. The van der Waals surface area contributed by atoms with Gasteiger partial charge in [-0.2, -0.15) is 0 Å². The smallest absolute Gasteiger partial charge is 0.191 e. The molecule has 1 atom stereocenters. The lowest BCUT2D eigenvalue weighted by Gasteiger charge is -2.22. The lowest BCUT2D eigenvalue weighted by molar-refractivity contribution is 0.0378. The number of aromatic nitrogens is 3. The third-order valence-electron chi connectivity index (χ3n) is 4.25. The number of aliphatic hydroxyl groups is 1. The van der Waals surface area contributed by atoms with Crippen LogP contribution in [0.5, 0.6) is 0 Å². The molecule has 0 spiro atoms. The Bertz CT molecular complexity index is 914. The van der Waals surface area contributed by atoms with E-state index in [0.717, 1.165) is 17.3 Å². The van der Waals surface area contributed by atoms with E-state index in [1.165, 1.54) is 0 Å². The first kappa shape index (κ1) is 19.6. The van der Waals surface area contributed by atoms with E-state index >= 15 is 0 Å². The summed E-state index contributed by atoms with van der Waals surface area (Å²) in [7, 11) is 0. The van der Waals surface area contributed by atoms with Gasteiger partial charge in [0.15, 0.2) is 11.8 Å². The van der Waals surface area contributed by atoms with E-state index in [-0.39, 0.29) is 6.54 Å². The third-order valence-corrected chi connectivity index (χ3v) is 4.25. The number of para-hydroxylation sites is 1. The van der Waals surface area contributed by atoms with Crippen molar-refractivity contribution in [3.63, 3.8) is 0 Å². The highest BCUT2D eigenvalue weighted by atomic mass is 16.4. The molecule has 3 rings (SSSR count). The molecule has 2 heterocycles. The molecule has 3 N–H and O–H groups in total. The second-order valence-electron chi connectivity index (χ2n) is 6.69. The molecule has 0 bridgehead atoms. The van der Waals surface area contributed by atoms with E-state index in [9.17, 15) is 5.11 Å². The minimum atomic E-state index is -1.16. The van der Waals surface area contributed by atoms with Crippen LogP contribution >= 0.6 is 0 Å². The summed E-state index contributed by atoms with van der Waals surface area (Å²) in [5.41, 5.74) is -0.180. The summed E-state index contributed by atoms with van der Waals surface area (Å²) in [6, 6.07) is 13.5. The van der Waals surface area contributed by atoms with Crippen LogP contribution in [0.4, 0.5) is 0 Å². The van der Waals surface area contributed by atoms with Gasteiger partial charge in [-0.15, -0.1) is 10.2 Å². The maximum absolute atomic E-state index is 10.7. The highest BCUT2D eigenvalue weighted by molar-refractivity contribution is 5.79. The molecule has 0 amide bonds. The van der Waals surface area contributed by atoms with Crippen LogP contribution in [-0.2, 0) is 12.1 Å². The van der Waals surface area contributed by atoms with Gasteiger partial charge in [0.1, 0.15) is 30.0 Å². The van der Waals surface area contributed by atoms with Gasteiger partial charge in [0.05, 0.1) is 6.54 Å². The number of benzene rings is 1. The standard InChI is InChI=1S/C20H26N6O2/c1-4-21-19(23-13-20(3,27)17-11-10-15(2)28-17)22-12-18-25-24-14-26(18)16-8-6-5-7-9-16/h5-11,14,27H,4,12-13H2,1-3H3,(H2,21,22,23). The van der Waals surface area contributed by atoms with Crippen LogP contribution in [0.15, 0.2) is 58.2 Å². The quantitative estimate of drug-likeness (QED) is 0.428. The van der Waals surface area contributed by atoms with Crippen molar-refractivity contribution in [2.75, 3.05) is 13.1 Å². The summed E-state index contributed by atoms with van der Waals surface area (Å²) in [6.45, 7) is 6.82. The minimum absolute atomic E-state index is 0.247. The van der Waals surface area contributed by atoms with Crippen LogP contribution < -0.4 is 10.6 Å². The number of nitrogens with one attached hydrogen (secondary N) is 2. The largest absolute Gasteiger partial charge is 0.463 e. The lowest BCUT2D eigenvalue weighted by Crippen LogP contribution is -2.44. The molecule has 0 saturated carbocycles. The Morgan fingerprint density at radius 3 is 2.68 bits per heavy atom. The predicted molar refractivity (Wildman–Crippen MR) is 107 cm³/mol. The first-order chi connectivity index (χ1) is 13.5. The molecule has 0 fully saturated rings. The number of furan rings is 1. The highest BCUT2D eigenvalue weighted by Crippen LogP contribution is 2.21. The van der Waals surface area contributed by atoms with Gasteiger partial charge in [0, 0.05) is 12.2 Å². The van der Waals surface area contributed by atoms with Gasteiger partial charge in [-0.1, -0.05) is 18.2 Å². The number of rotatable bonds is 7. The molecule has 0 aliphatic rings. The van der Waals surface area contributed by atoms with Crippen molar-refractivity contribution in [1.82, 2.24) is 25.4 Å². The Morgan fingerprint density at radius 2 is 2.00 bits per heavy atom. The minimum Gasteiger partial charge on any atom is -0.463 e. The van der Waals surface area contributed by atoms with Gasteiger partial charge in [0.2, 0.25) is 0 Å². The van der Waals surface area contributed by atoms with E-state index in [0.29, 0.717) is 24.8 Å². The SMILES string of the molecule is CCNC(=NCc1nncn1-c1ccccc1)NCC(C)(O)c1ccc(C)o1. The van der Waals surface area contributed by atoms with Gasteiger partial charge in [-0.05, 0) is 45.0 Å². The molecule has 0 radical (unpaired) electrons. The van der Waals surface area contributed by atoms with Crippen molar-refractivity contribution in [2.45, 2.75) is 32.9 Å². The van der Waals surface area contributed by atoms with Gasteiger partial charge in [0.25, 0.3) is 0 Å². The van der Waals surface area contributed by atoms with E-state index in [4.69, 9.17) is 4.42 Å². The Kier molecular flexibility index (Phi) is 6.10. The van der Waals surface area contributed by atoms with Crippen molar-refractivity contribution in [1.29, 1.82) is 0 Å². The van der Waals surface area contributed by atoms with Crippen LogP contribution in [0, 0.1) is 6.92 Å². The van der Waals surface area contributed by atoms with Crippen LogP contribution in [0.25, 0.3) is 5.69 Å². The summed E-state index contributed by atoms with van der Waals surface area (Å²) >= 11 is 0.